The predicted molar refractivity (Wildman–Crippen MR) is 134 cm³/mol. The van der Waals surface area contributed by atoms with Crippen LogP contribution in [0, 0.1) is 11.3 Å². The summed E-state index contributed by atoms with van der Waals surface area (Å²) >= 11 is 11.9. The maximum atomic E-state index is 12.5. The van der Waals surface area contributed by atoms with E-state index in [-0.39, 0.29) is 10.9 Å². The molecule has 0 fully saturated rings. The van der Waals surface area contributed by atoms with E-state index in [1.807, 2.05) is 6.92 Å². The normalized spacial score (nSPS) is 10.7. The molecule has 3 N–H and O–H groups in total. The second-order valence-corrected chi connectivity index (χ2v) is 7.59. The van der Waals surface area contributed by atoms with Gasteiger partial charge in [0.1, 0.15) is 11.8 Å². The molecule has 10 heteroatoms. The van der Waals surface area contributed by atoms with Crippen molar-refractivity contribution in [2.75, 3.05) is 22.7 Å². The fourth-order valence-electron chi connectivity index (χ4n) is 2.72. The number of carbonyl (C=O) groups is 2. The van der Waals surface area contributed by atoms with E-state index in [9.17, 15) is 14.9 Å². The zero-order valence-corrected chi connectivity index (χ0v) is 19.4. The van der Waals surface area contributed by atoms with E-state index >= 15 is 0 Å². The van der Waals surface area contributed by atoms with Crippen LogP contribution >= 0.6 is 23.2 Å². The monoisotopic (exact) mass is 495 g/mol. The molecular formula is C24H19Cl2N5O3. The van der Waals surface area contributed by atoms with Crippen LogP contribution in [0.15, 0.2) is 71.8 Å². The summed E-state index contributed by atoms with van der Waals surface area (Å²) < 4.78 is 5.38. The van der Waals surface area contributed by atoms with Crippen molar-refractivity contribution in [1.82, 2.24) is 0 Å². The van der Waals surface area contributed by atoms with E-state index in [4.69, 9.17) is 27.9 Å². The first kappa shape index (κ1) is 24.6. The Morgan fingerprint density at radius 2 is 1.65 bits per heavy atom. The maximum absolute atomic E-state index is 12.5. The minimum atomic E-state index is -0.745. The molecule has 0 atom stereocenters. The Morgan fingerprint density at radius 1 is 0.971 bits per heavy atom. The number of hydrazone groups is 1. The van der Waals surface area contributed by atoms with Crippen LogP contribution < -0.4 is 20.8 Å². The van der Waals surface area contributed by atoms with Gasteiger partial charge in [0.15, 0.2) is 0 Å². The molecule has 8 nitrogen and oxygen atoms in total. The summed E-state index contributed by atoms with van der Waals surface area (Å²) in [6, 6.07) is 19.7. The molecule has 0 saturated heterocycles. The SMILES string of the molecule is CCOc1ccc(NC(=O)c2ccc(N/N=C(\C#N)C(=O)Nc3ccc(Cl)cc3Cl)cc2)cc1. The van der Waals surface area contributed by atoms with Gasteiger partial charge >= 0.3 is 0 Å². The quantitative estimate of drug-likeness (QED) is 0.278. The average molecular weight is 496 g/mol. The zero-order chi connectivity index (χ0) is 24.5. The lowest BCUT2D eigenvalue weighted by Gasteiger charge is -2.08. The Balaban J connectivity index is 1.60. The third kappa shape index (κ3) is 6.72. The van der Waals surface area contributed by atoms with Gasteiger partial charge in [-0.1, -0.05) is 23.2 Å². The molecule has 0 heterocycles. The van der Waals surface area contributed by atoms with Crippen molar-refractivity contribution in [1.29, 1.82) is 5.26 Å². The van der Waals surface area contributed by atoms with Gasteiger partial charge in [-0.05, 0) is 73.7 Å². The highest BCUT2D eigenvalue weighted by molar-refractivity contribution is 6.49. The number of rotatable bonds is 8. The largest absolute Gasteiger partial charge is 0.494 e. The number of nitriles is 1. The summed E-state index contributed by atoms with van der Waals surface area (Å²) in [5.41, 5.74) is 4.03. The molecule has 0 aromatic heterocycles. The lowest BCUT2D eigenvalue weighted by molar-refractivity contribution is -0.110. The predicted octanol–water partition coefficient (Wildman–Crippen LogP) is 5.57. The van der Waals surface area contributed by atoms with Crippen LogP contribution in [0.2, 0.25) is 10.0 Å². The Kier molecular flexibility index (Phi) is 8.46. The van der Waals surface area contributed by atoms with Crippen molar-refractivity contribution < 1.29 is 14.3 Å². The molecule has 0 aliphatic carbocycles. The van der Waals surface area contributed by atoms with Crippen molar-refractivity contribution >= 4 is 57.8 Å². The standard InChI is InChI=1S/C24H19Cl2N5O3/c1-2-34-19-10-8-17(9-11-19)28-23(32)15-3-6-18(7-4-15)30-31-22(14-27)24(33)29-21-12-5-16(25)13-20(21)26/h3-13,30H,2H2,1H3,(H,28,32)(H,29,33)/b31-22+. The Hall–Kier alpha value is -4.06. The van der Waals surface area contributed by atoms with E-state index in [2.05, 4.69) is 21.2 Å². The molecule has 2 amide bonds. The number of benzene rings is 3. The van der Waals surface area contributed by atoms with E-state index in [1.165, 1.54) is 12.1 Å². The molecule has 0 saturated carbocycles. The topological polar surface area (TPSA) is 116 Å². The molecule has 0 spiro atoms. The molecule has 3 aromatic rings. The van der Waals surface area contributed by atoms with Crippen LogP contribution in [-0.4, -0.2) is 24.1 Å². The van der Waals surface area contributed by atoms with E-state index < -0.39 is 11.6 Å². The molecule has 0 bridgehead atoms. The fraction of sp³-hybridized carbons (Fsp3) is 0.0833. The number of nitrogens with zero attached hydrogens (tertiary/aromatic N) is 2. The third-order valence-electron chi connectivity index (χ3n) is 4.37. The molecular weight excluding hydrogens is 477 g/mol. The minimum Gasteiger partial charge on any atom is -0.494 e. The summed E-state index contributed by atoms with van der Waals surface area (Å²) in [6.07, 6.45) is 0. The Labute approximate surface area is 206 Å². The van der Waals surface area contributed by atoms with Crippen molar-refractivity contribution in [3.63, 3.8) is 0 Å². The number of carbonyl (C=O) groups excluding carboxylic acids is 2. The summed E-state index contributed by atoms with van der Waals surface area (Å²) in [7, 11) is 0. The van der Waals surface area contributed by atoms with Gasteiger partial charge in [0.05, 0.1) is 23.0 Å². The van der Waals surface area contributed by atoms with Crippen molar-refractivity contribution in [2.24, 2.45) is 5.10 Å². The number of halogens is 2. The van der Waals surface area contributed by atoms with Gasteiger partial charge in [0.25, 0.3) is 11.8 Å². The Morgan fingerprint density at radius 3 is 2.26 bits per heavy atom. The summed E-state index contributed by atoms with van der Waals surface area (Å²) in [6.45, 7) is 2.46. The first-order valence-corrected chi connectivity index (χ1v) is 10.8. The first-order valence-electron chi connectivity index (χ1n) is 10.0. The lowest BCUT2D eigenvalue weighted by Crippen LogP contribution is -2.22. The van der Waals surface area contributed by atoms with Crippen molar-refractivity contribution in [3.05, 3.63) is 82.3 Å². The smallest absolute Gasteiger partial charge is 0.287 e. The molecule has 0 radical (unpaired) electrons. The van der Waals surface area contributed by atoms with Crippen LogP contribution in [-0.2, 0) is 4.79 Å². The van der Waals surface area contributed by atoms with Crippen molar-refractivity contribution in [2.45, 2.75) is 6.92 Å². The van der Waals surface area contributed by atoms with Gasteiger partial charge in [-0.25, -0.2) is 0 Å². The van der Waals surface area contributed by atoms with Gasteiger partial charge in [-0.3, -0.25) is 15.0 Å². The zero-order valence-electron chi connectivity index (χ0n) is 17.9. The number of nitrogens with one attached hydrogen (secondary N) is 3. The number of anilines is 3. The highest BCUT2D eigenvalue weighted by Crippen LogP contribution is 2.25. The van der Waals surface area contributed by atoms with E-state index in [0.717, 1.165) is 5.75 Å². The van der Waals surface area contributed by atoms with Crippen LogP contribution in [0.25, 0.3) is 0 Å². The number of ether oxygens (including phenoxy) is 1. The van der Waals surface area contributed by atoms with Crippen LogP contribution in [0.5, 0.6) is 5.75 Å². The second kappa shape index (κ2) is 11.7. The van der Waals surface area contributed by atoms with Crippen molar-refractivity contribution in [3.8, 4) is 11.8 Å². The fourth-order valence-corrected chi connectivity index (χ4v) is 3.18. The Bertz CT molecular complexity index is 1250. The van der Waals surface area contributed by atoms with Gasteiger partial charge < -0.3 is 15.4 Å². The first-order chi connectivity index (χ1) is 16.4. The minimum absolute atomic E-state index is 0.227. The number of hydrogen-bond acceptors (Lipinski definition) is 6. The molecule has 3 rings (SSSR count). The molecule has 0 unspecified atom stereocenters. The molecule has 34 heavy (non-hydrogen) atoms. The molecule has 172 valence electrons. The van der Waals surface area contributed by atoms with Gasteiger partial charge in [0.2, 0.25) is 5.71 Å². The van der Waals surface area contributed by atoms with E-state index in [1.54, 1.807) is 60.7 Å². The summed E-state index contributed by atoms with van der Waals surface area (Å²) in [5.74, 6) is -0.320. The number of hydrogen-bond donors (Lipinski definition) is 3. The maximum Gasteiger partial charge on any atom is 0.287 e. The van der Waals surface area contributed by atoms with Gasteiger partial charge in [-0.2, -0.15) is 10.4 Å². The molecule has 0 aliphatic rings. The molecule has 3 aromatic carbocycles. The second-order valence-electron chi connectivity index (χ2n) is 6.75. The van der Waals surface area contributed by atoms with Crippen LogP contribution in [0.3, 0.4) is 0 Å². The van der Waals surface area contributed by atoms with Gasteiger partial charge in [0, 0.05) is 16.3 Å². The highest BCUT2D eigenvalue weighted by atomic mass is 35.5. The molecule has 0 aliphatic heterocycles. The number of amides is 2. The van der Waals surface area contributed by atoms with Crippen LogP contribution in [0.1, 0.15) is 17.3 Å². The average Bonchev–Trinajstić information content (AvgIpc) is 2.83. The third-order valence-corrected chi connectivity index (χ3v) is 4.92. The summed E-state index contributed by atoms with van der Waals surface area (Å²) in [5, 5.41) is 19.0. The highest BCUT2D eigenvalue weighted by Gasteiger charge is 2.14. The van der Waals surface area contributed by atoms with Crippen LogP contribution in [0.4, 0.5) is 17.1 Å². The summed E-state index contributed by atoms with van der Waals surface area (Å²) in [4.78, 5) is 24.8. The van der Waals surface area contributed by atoms with Gasteiger partial charge in [-0.15, -0.1) is 0 Å². The van der Waals surface area contributed by atoms with E-state index in [0.29, 0.717) is 34.3 Å². The lowest BCUT2D eigenvalue weighted by atomic mass is 10.2.